The number of fused-ring (bicyclic) bond motifs is 1. The van der Waals surface area contributed by atoms with E-state index in [9.17, 15) is 14.3 Å². The van der Waals surface area contributed by atoms with Crippen molar-refractivity contribution in [3.63, 3.8) is 0 Å². The molecule has 1 amide bonds. The Labute approximate surface area is 203 Å². The summed E-state index contributed by atoms with van der Waals surface area (Å²) in [7, 11) is 5.47. The molecule has 3 aromatic carbocycles. The minimum Gasteiger partial charge on any atom is -0.494 e. The normalized spacial score (nSPS) is 11.4. The minimum absolute atomic E-state index is 0.0450. The van der Waals surface area contributed by atoms with Crippen molar-refractivity contribution in [2.75, 3.05) is 21.1 Å². The molecule has 3 N–H and O–H groups in total. The summed E-state index contributed by atoms with van der Waals surface area (Å²) in [6.45, 7) is 0.809. The van der Waals surface area contributed by atoms with Crippen LogP contribution in [0.3, 0.4) is 0 Å². The summed E-state index contributed by atoms with van der Waals surface area (Å²) in [5.41, 5.74) is 4.02. The highest BCUT2D eigenvalue weighted by Crippen LogP contribution is 2.33. The molecule has 176 valence electrons. The highest BCUT2D eigenvalue weighted by Gasteiger charge is 2.20. The van der Waals surface area contributed by atoms with Crippen molar-refractivity contribution in [3.8, 4) is 17.7 Å². The molecule has 6 nitrogen and oxygen atoms in total. The topological polar surface area (TPSA) is 80.7 Å². The number of carbonyl (C=O) groups excluding carboxylic acids is 1. The molecular weight excluding hydrogens is 443 g/mol. The van der Waals surface area contributed by atoms with Crippen LogP contribution in [0.4, 0.5) is 10.1 Å². The fraction of sp³-hybridized carbons (Fsp3) is 0.143. The average Bonchev–Trinajstić information content (AvgIpc) is 3.16. The Hall–Kier alpha value is -4.41. The highest BCUT2D eigenvalue weighted by molar-refractivity contribution is 6.22. The standard InChI is InChI=1S/C28H25FN4O2/c1-30-25(34)14-11-20-15-24-22(16-23(20)29)26(28(35)32-24)27(19-7-5-4-6-8-19)31-21-12-9-18(10-13-21)17-33(2)3/h4-10,12-13,15-16,32,35H,17H2,1-3H3,(H,30,34). The third-order valence-electron chi connectivity index (χ3n) is 5.36. The summed E-state index contributed by atoms with van der Waals surface area (Å²) < 4.78 is 14.9. The van der Waals surface area contributed by atoms with Crippen LogP contribution in [-0.2, 0) is 11.3 Å². The van der Waals surface area contributed by atoms with Crippen molar-refractivity contribution >= 4 is 28.2 Å². The number of aromatic amines is 1. The average molecular weight is 469 g/mol. The Balaban J connectivity index is 1.85. The van der Waals surface area contributed by atoms with Crippen LogP contribution in [0.2, 0.25) is 0 Å². The second-order valence-electron chi connectivity index (χ2n) is 8.29. The third-order valence-corrected chi connectivity index (χ3v) is 5.36. The number of nitrogens with zero attached hydrogens (tertiary/aromatic N) is 2. The van der Waals surface area contributed by atoms with Gasteiger partial charge >= 0.3 is 0 Å². The highest BCUT2D eigenvalue weighted by atomic mass is 19.1. The number of aromatic hydroxyl groups is 1. The number of carbonyl (C=O) groups is 1. The van der Waals surface area contributed by atoms with Crippen molar-refractivity contribution in [1.29, 1.82) is 0 Å². The Morgan fingerprint density at radius 1 is 1.11 bits per heavy atom. The first-order valence-corrected chi connectivity index (χ1v) is 11.0. The van der Waals surface area contributed by atoms with Gasteiger partial charge in [-0.2, -0.15) is 0 Å². The van der Waals surface area contributed by atoms with Gasteiger partial charge in [0.2, 0.25) is 0 Å². The van der Waals surface area contributed by atoms with E-state index >= 15 is 0 Å². The van der Waals surface area contributed by atoms with Crippen LogP contribution in [0.15, 0.2) is 71.7 Å². The molecule has 0 atom stereocenters. The smallest absolute Gasteiger partial charge is 0.295 e. The SMILES string of the molecule is CNC(=O)C#Cc1cc2[nH]c(O)c(C(=Nc3ccc(CN(C)C)cc3)c3ccccc3)c2cc1F. The summed E-state index contributed by atoms with van der Waals surface area (Å²) in [6, 6.07) is 20.0. The van der Waals surface area contributed by atoms with Gasteiger partial charge in [-0.25, -0.2) is 9.38 Å². The summed E-state index contributed by atoms with van der Waals surface area (Å²) in [6.07, 6.45) is 0. The van der Waals surface area contributed by atoms with Crippen LogP contribution in [0.25, 0.3) is 10.9 Å². The lowest BCUT2D eigenvalue weighted by molar-refractivity contribution is -0.115. The molecule has 0 spiro atoms. The zero-order chi connectivity index (χ0) is 24.9. The lowest BCUT2D eigenvalue weighted by Crippen LogP contribution is -2.14. The second kappa shape index (κ2) is 10.2. The molecule has 0 unspecified atom stereocenters. The zero-order valence-electron chi connectivity index (χ0n) is 19.7. The Morgan fingerprint density at radius 2 is 1.83 bits per heavy atom. The van der Waals surface area contributed by atoms with E-state index in [1.807, 2.05) is 68.7 Å². The minimum atomic E-state index is -0.602. The first kappa shape index (κ1) is 23.7. The first-order valence-electron chi connectivity index (χ1n) is 11.0. The van der Waals surface area contributed by atoms with Gasteiger partial charge in [-0.15, -0.1) is 0 Å². The van der Waals surface area contributed by atoms with E-state index in [0.717, 1.165) is 17.7 Å². The summed E-state index contributed by atoms with van der Waals surface area (Å²) in [5.74, 6) is 3.60. The fourth-order valence-electron chi connectivity index (χ4n) is 3.75. The Bertz CT molecular complexity index is 1460. The number of halogens is 1. The van der Waals surface area contributed by atoms with E-state index in [0.29, 0.717) is 27.9 Å². The molecule has 0 aliphatic carbocycles. The van der Waals surface area contributed by atoms with Gasteiger partial charge in [-0.05, 0) is 43.9 Å². The largest absolute Gasteiger partial charge is 0.494 e. The van der Waals surface area contributed by atoms with Gasteiger partial charge in [-0.3, -0.25) is 4.79 Å². The van der Waals surface area contributed by atoms with Gasteiger partial charge in [0.25, 0.3) is 5.91 Å². The molecule has 0 bridgehead atoms. The number of rotatable bonds is 5. The van der Waals surface area contributed by atoms with Gasteiger partial charge in [0.1, 0.15) is 5.82 Å². The van der Waals surface area contributed by atoms with Crippen molar-refractivity contribution in [2.45, 2.75) is 6.54 Å². The number of benzene rings is 3. The molecule has 35 heavy (non-hydrogen) atoms. The fourth-order valence-corrected chi connectivity index (χ4v) is 3.75. The van der Waals surface area contributed by atoms with E-state index in [1.165, 1.54) is 19.2 Å². The molecule has 1 aromatic heterocycles. The summed E-state index contributed by atoms with van der Waals surface area (Å²) >= 11 is 0. The molecule has 4 rings (SSSR count). The van der Waals surface area contributed by atoms with Crippen LogP contribution in [-0.4, -0.2) is 47.8 Å². The number of nitrogens with one attached hydrogen (secondary N) is 2. The van der Waals surface area contributed by atoms with Gasteiger partial charge in [0, 0.05) is 30.5 Å². The molecule has 0 fully saturated rings. The number of aliphatic imine (C=N–C) groups is 1. The van der Waals surface area contributed by atoms with Gasteiger partial charge in [0.05, 0.1) is 28.0 Å². The van der Waals surface area contributed by atoms with E-state index in [4.69, 9.17) is 4.99 Å². The number of hydrogen-bond acceptors (Lipinski definition) is 4. The third kappa shape index (κ3) is 5.40. The van der Waals surface area contributed by atoms with Gasteiger partial charge in [-0.1, -0.05) is 48.4 Å². The molecule has 0 aliphatic heterocycles. The van der Waals surface area contributed by atoms with E-state index in [2.05, 4.69) is 27.0 Å². The lowest BCUT2D eigenvalue weighted by Gasteiger charge is -2.10. The molecule has 0 radical (unpaired) electrons. The number of hydrogen-bond donors (Lipinski definition) is 3. The van der Waals surface area contributed by atoms with Crippen LogP contribution < -0.4 is 5.32 Å². The molecule has 0 aliphatic rings. The summed E-state index contributed by atoms with van der Waals surface area (Å²) in [4.78, 5) is 21.3. The second-order valence-corrected chi connectivity index (χ2v) is 8.29. The Kier molecular flexibility index (Phi) is 6.95. The van der Waals surface area contributed by atoms with Crippen molar-refractivity contribution in [2.24, 2.45) is 4.99 Å². The van der Waals surface area contributed by atoms with E-state index in [1.54, 1.807) is 0 Å². The molecule has 1 heterocycles. The lowest BCUT2D eigenvalue weighted by atomic mass is 10.00. The zero-order valence-corrected chi connectivity index (χ0v) is 19.7. The molecular formula is C28H25FN4O2. The van der Waals surface area contributed by atoms with Crippen LogP contribution >= 0.6 is 0 Å². The van der Waals surface area contributed by atoms with Gasteiger partial charge < -0.3 is 20.3 Å². The predicted octanol–water partition coefficient (Wildman–Crippen LogP) is 4.34. The van der Waals surface area contributed by atoms with Crippen molar-refractivity contribution in [1.82, 2.24) is 15.2 Å². The quantitative estimate of drug-likeness (QED) is 0.301. The first-order chi connectivity index (χ1) is 16.9. The molecule has 7 heteroatoms. The van der Waals surface area contributed by atoms with Gasteiger partial charge in [0.15, 0.2) is 5.88 Å². The molecule has 0 saturated heterocycles. The molecule has 4 aromatic rings. The van der Waals surface area contributed by atoms with Crippen molar-refractivity contribution in [3.05, 3.63) is 94.8 Å². The van der Waals surface area contributed by atoms with E-state index in [-0.39, 0.29) is 11.4 Å². The maximum Gasteiger partial charge on any atom is 0.295 e. The molecule has 0 saturated carbocycles. The van der Waals surface area contributed by atoms with Crippen LogP contribution in [0, 0.1) is 17.7 Å². The van der Waals surface area contributed by atoms with Crippen LogP contribution in [0.5, 0.6) is 5.88 Å². The maximum atomic E-state index is 14.9. The van der Waals surface area contributed by atoms with Crippen molar-refractivity contribution < 1.29 is 14.3 Å². The van der Waals surface area contributed by atoms with Crippen LogP contribution in [0.1, 0.15) is 22.3 Å². The number of amides is 1. The Morgan fingerprint density at radius 3 is 2.49 bits per heavy atom. The van der Waals surface area contributed by atoms with E-state index < -0.39 is 11.7 Å². The number of H-pyrrole nitrogens is 1. The maximum absolute atomic E-state index is 14.9. The monoisotopic (exact) mass is 468 g/mol. The predicted molar refractivity (Wildman–Crippen MR) is 136 cm³/mol. The summed E-state index contributed by atoms with van der Waals surface area (Å²) in [5, 5.41) is 13.7. The number of aromatic nitrogens is 1.